The molecule has 8 nitrogen and oxygen atoms in total. The molecule has 1 saturated heterocycles. The molecule has 0 spiro atoms. The molecule has 2 N–H and O–H groups in total. The van der Waals surface area contributed by atoms with Crippen molar-refractivity contribution in [3.63, 3.8) is 0 Å². The maximum atomic E-state index is 13.0. The number of nitrogens with one attached hydrogen (secondary N) is 2. The molecule has 1 atom stereocenters. The molecule has 0 unspecified atom stereocenters. The summed E-state index contributed by atoms with van der Waals surface area (Å²) in [6.45, 7) is 2.17. The number of carbonyl (C=O) groups is 1. The number of aryl methyl sites for hydroxylation is 1. The van der Waals surface area contributed by atoms with Crippen molar-refractivity contribution in [2.45, 2.75) is 30.7 Å². The maximum Gasteiger partial charge on any atom is 0.258 e. The van der Waals surface area contributed by atoms with Crippen LogP contribution in [0.15, 0.2) is 58.5 Å². The first kappa shape index (κ1) is 19.3. The lowest BCUT2D eigenvalue weighted by Gasteiger charge is -2.23. The van der Waals surface area contributed by atoms with Crippen LogP contribution < -0.4 is 10.9 Å². The average Bonchev–Trinajstić information content (AvgIpc) is 3.20. The van der Waals surface area contributed by atoms with Gasteiger partial charge in [-0.05, 0) is 50.1 Å². The summed E-state index contributed by atoms with van der Waals surface area (Å²) in [5, 5.41) is 3.09. The first-order chi connectivity index (χ1) is 13.9. The van der Waals surface area contributed by atoms with Crippen LogP contribution in [-0.2, 0) is 14.8 Å². The van der Waals surface area contributed by atoms with E-state index in [9.17, 15) is 18.0 Å². The molecule has 1 aliphatic heterocycles. The molecular weight excluding hydrogens is 392 g/mol. The molecule has 29 heavy (non-hydrogen) atoms. The summed E-state index contributed by atoms with van der Waals surface area (Å²) < 4.78 is 27.3. The number of hydrogen-bond donors (Lipinski definition) is 2. The van der Waals surface area contributed by atoms with Crippen LogP contribution in [-0.4, -0.2) is 41.2 Å². The van der Waals surface area contributed by atoms with Crippen LogP contribution in [0.3, 0.4) is 0 Å². The predicted molar refractivity (Wildman–Crippen MR) is 109 cm³/mol. The summed E-state index contributed by atoms with van der Waals surface area (Å²) in [6.07, 6.45) is 2.35. The van der Waals surface area contributed by atoms with Gasteiger partial charge in [0.25, 0.3) is 5.56 Å². The third kappa shape index (κ3) is 3.66. The number of hydrogen-bond acceptors (Lipinski definition) is 5. The van der Waals surface area contributed by atoms with Crippen LogP contribution >= 0.6 is 0 Å². The van der Waals surface area contributed by atoms with Crippen molar-refractivity contribution in [3.05, 3.63) is 64.7 Å². The zero-order chi connectivity index (χ0) is 20.6. The lowest BCUT2D eigenvalue weighted by atomic mass is 10.2. The smallest absolute Gasteiger partial charge is 0.258 e. The van der Waals surface area contributed by atoms with Crippen molar-refractivity contribution in [1.82, 2.24) is 14.3 Å². The van der Waals surface area contributed by atoms with Gasteiger partial charge in [-0.3, -0.25) is 9.59 Å². The third-order valence-electron chi connectivity index (χ3n) is 5.04. The number of aromatic nitrogens is 2. The van der Waals surface area contributed by atoms with Crippen molar-refractivity contribution in [1.29, 1.82) is 0 Å². The third-order valence-corrected chi connectivity index (χ3v) is 6.96. The van der Waals surface area contributed by atoms with E-state index in [2.05, 4.69) is 15.3 Å². The maximum absolute atomic E-state index is 13.0. The molecule has 0 bridgehead atoms. The molecule has 1 fully saturated rings. The molecule has 0 radical (unpaired) electrons. The standard InChI is InChI=1S/C20H20N4O4S/c1-13-4-7-15(8-5-13)29(27,28)24-10-2-3-18(24)20(26)23-14-6-9-17-16(11-14)19(25)22-12-21-17/h4-9,11-12,18H,2-3,10H2,1H3,(H,23,26)(H,21,22,25)/t18-/m0/s1. The molecule has 1 amide bonds. The molecule has 9 heteroatoms. The Morgan fingerprint density at radius 2 is 1.97 bits per heavy atom. The van der Waals surface area contributed by atoms with E-state index < -0.39 is 22.0 Å². The number of anilines is 1. The minimum Gasteiger partial charge on any atom is -0.325 e. The van der Waals surface area contributed by atoms with Gasteiger partial charge in [0.2, 0.25) is 15.9 Å². The summed E-state index contributed by atoms with van der Waals surface area (Å²) in [7, 11) is -3.78. The number of amides is 1. The highest BCUT2D eigenvalue weighted by atomic mass is 32.2. The molecule has 0 aliphatic carbocycles. The molecule has 0 saturated carbocycles. The van der Waals surface area contributed by atoms with Crippen LogP contribution in [0.25, 0.3) is 10.9 Å². The Morgan fingerprint density at radius 3 is 2.72 bits per heavy atom. The number of nitrogens with zero attached hydrogens (tertiary/aromatic N) is 2. The molecule has 2 heterocycles. The van der Waals surface area contributed by atoms with E-state index in [1.165, 1.54) is 16.7 Å². The van der Waals surface area contributed by atoms with Crippen molar-refractivity contribution >= 4 is 32.5 Å². The SMILES string of the molecule is Cc1ccc(S(=O)(=O)N2CCC[C@H]2C(=O)Nc2ccc3nc[nH]c(=O)c3c2)cc1. The molecule has 150 valence electrons. The van der Waals surface area contributed by atoms with Gasteiger partial charge in [0, 0.05) is 12.2 Å². The van der Waals surface area contributed by atoms with Gasteiger partial charge in [-0.15, -0.1) is 0 Å². The van der Waals surface area contributed by atoms with Gasteiger partial charge in [0.15, 0.2) is 0 Å². The number of rotatable bonds is 4. The number of H-pyrrole nitrogens is 1. The first-order valence-corrected chi connectivity index (χ1v) is 10.7. The Hall–Kier alpha value is -3.04. The number of benzene rings is 2. The minimum absolute atomic E-state index is 0.172. The minimum atomic E-state index is -3.78. The quantitative estimate of drug-likeness (QED) is 0.681. The highest BCUT2D eigenvalue weighted by molar-refractivity contribution is 7.89. The summed E-state index contributed by atoms with van der Waals surface area (Å²) in [5.41, 5.74) is 1.58. The molecule has 1 aliphatic rings. The normalized spacial score (nSPS) is 17.5. The summed E-state index contributed by atoms with van der Waals surface area (Å²) in [6, 6.07) is 10.6. The second-order valence-corrected chi connectivity index (χ2v) is 8.93. The topological polar surface area (TPSA) is 112 Å². The molecular formula is C20H20N4O4S. The summed E-state index contributed by atoms with van der Waals surface area (Å²) in [5.74, 6) is -0.419. The van der Waals surface area contributed by atoms with E-state index in [-0.39, 0.29) is 17.0 Å². The van der Waals surface area contributed by atoms with E-state index in [1.807, 2.05) is 6.92 Å². The fraction of sp³-hybridized carbons (Fsp3) is 0.250. The second-order valence-electron chi connectivity index (χ2n) is 7.04. The summed E-state index contributed by atoms with van der Waals surface area (Å²) >= 11 is 0. The Kier molecular flexibility index (Phi) is 4.93. The Labute approximate surface area is 167 Å². The van der Waals surface area contributed by atoms with Crippen LogP contribution in [0.4, 0.5) is 5.69 Å². The van der Waals surface area contributed by atoms with Gasteiger partial charge in [0.1, 0.15) is 6.04 Å². The second kappa shape index (κ2) is 7.41. The van der Waals surface area contributed by atoms with Gasteiger partial charge >= 0.3 is 0 Å². The monoisotopic (exact) mass is 412 g/mol. The molecule has 3 aromatic rings. The zero-order valence-electron chi connectivity index (χ0n) is 15.8. The van der Waals surface area contributed by atoms with Crippen molar-refractivity contribution in [3.8, 4) is 0 Å². The van der Waals surface area contributed by atoms with Gasteiger partial charge < -0.3 is 10.3 Å². The predicted octanol–water partition coefficient (Wildman–Crippen LogP) is 2.02. The molecule has 4 rings (SSSR count). The van der Waals surface area contributed by atoms with E-state index in [0.29, 0.717) is 29.4 Å². The van der Waals surface area contributed by atoms with E-state index in [4.69, 9.17) is 0 Å². The largest absolute Gasteiger partial charge is 0.325 e. The fourth-order valence-electron chi connectivity index (χ4n) is 3.51. The van der Waals surface area contributed by atoms with Crippen LogP contribution in [0.2, 0.25) is 0 Å². The van der Waals surface area contributed by atoms with Gasteiger partial charge in [0.05, 0.1) is 22.1 Å². The van der Waals surface area contributed by atoms with Crippen molar-refractivity contribution in [2.75, 3.05) is 11.9 Å². The lowest BCUT2D eigenvalue weighted by molar-refractivity contribution is -0.119. The fourth-order valence-corrected chi connectivity index (χ4v) is 5.16. The highest BCUT2D eigenvalue weighted by Gasteiger charge is 2.39. The number of carbonyl (C=O) groups excluding carboxylic acids is 1. The number of fused-ring (bicyclic) bond motifs is 1. The Bertz CT molecular complexity index is 1240. The Morgan fingerprint density at radius 1 is 1.21 bits per heavy atom. The molecule has 2 aromatic carbocycles. The van der Waals surface area contributed by atoms with Crippen LogP contribution in [0.5, 0.6) is 0 Å². The van der Waals surface area contributed by atoms with E-state index >= 15 is 0 Å². The van der Waals surface area contributed by atoms with Gasteiger partial charge in [-0.2, -0.15) is 4.31 Å². The first-order valence-electron chi connectivity index (χ1n) is 9.23. The van der Waals surface area contributed by atoms with Gasteiger partial charge in [-0.1, -0.05) is 17.7 Å². The van der Waals surface area contributed by atoms with E-state index in [1.54, 1.807) is 36.4 Å². The van der Waals surface area contributed by atoms with Crippen LogP contribution in [0, 0.1) is 6.92 Å². The number of sulfonamides is 1. The lowest BCUT2D eigenvalue weighted by Crippen LogP contribution is -2.43. The van der Waals surface area contributed by atoms with Gasteiger partial charge in [-0.25, -0.2) is 13.4 Å². The highest BCUT2D eigenvalue weighted by Crippen LogP contribution is 2.27. The number of aromatic amines is 1. The van der Waals surface area contributed by atoms with Crippen molar-refractivity contribution in [2.24, 2.45) is 0 Å². The zero-order valence-corrected chi connectivity index (χ0v) is 16.6. The van der Waals surface area contributed by atoms with Crippen molar-refractivity contribution < 1.29 is 13.2 Å². The Balaban J connectivity index is 1.59. The molecule has 1 aromatic heterocycles. The summed E-state index contributed by atoms with van der Waals surface area (Å²) in [4.78, 5) is 31.5. The van der Waals surface area contributed by atoms with Crippen LogP contribution in [0.1, 0.15) is 18.4 Å². The van der Waals surface area contributed by atoms with E-state index in [0.717, 1.165) is 5.56 Å². The average molecular weight is 412 g/mol.